The predicted octanol–water partition coefficient (Wildman–Crippen LogP) is 3.99. The van der Waals surface area contributed by atoms with Crippen LogP contribution in [0.1, 0.15) is 35.0 Å². The summed E-state index contributed by atoms with van der Waals surface area (Å²) < 4.78 is 1.33. The predicted molar refractivity (Wildman–Crippen MR) is 122 cm³/mol. The molecule has 4 rings (SSSR count). The number of hydrazone groups is 1. The molecule has 0 spiro atoms. The van der Waals surface area contributed by atoms with E-state index in [1.54, 1.807) is 24.3 Å². The van der Waals surface area contributed by atoms with Gasteiger partial charge in [0.25, 0.3) is 11.5 Å². The molecule has 0 aliphatic carbocycles. The lowest BCUT2D eigenvalue weighted by atomic mass is 10.1. The largest absolute Gasteiger partial charge is 0.292 e. The fourth-order valence-corrected chi connectivity index (χ4v) is 3.42. The van der Waals surface area contributed by atoms with Gasteiger partial charge in [-0.2, -0.15) is 10.2 Å². The second-order valence-electron chi connectivity index (χ2n) is 7.06. The number of hydrogen-bond acceptors (Lipinski definition) is 4. The third-order valence-electron chi connectivity index (χ3n) is 4.99. The number of hydrogen-bond donors (Lipinski definition) is 1. The molecule has 1 amide bonds. The lowest BCUT2D eigenvalue weighted by molar-refractivity contribution is 0.0949. The van der Waals surface area contributed by atoms with E-state index in [1.807, 2.05) is 67.6 Å². The Bertz CT molecular complexity index is 1300. The van der Waals surface area contributed by atoms with Gasteiger partial charge in [0.2, 0.25) is 0 Å². The summed E-state index contributed by atoms with van der Waals surface area (Å²) in [5.74, 6) is -0.458. The summed E-state index contributed by atoms with van der Waals surface area (Å²) in [5, 5.41) is 9.66. The average Bonchev–Trinajstić information content (AvgIpc) is 2.82. The molecule has 0 saturated carbocycles. The Morgan fingerprint density at radius 2 is 1.52 bits per heavy atom. The lowest BCUT2D eigenvalue weighted by Gasteiger charge is -2.11. The molecule has 31 heavy (non-hydrogen) atoms. The van der Waals surface area contributed by atoms with Gasteiger partial charge in [-0.25, -0.2) is 10.1 Å². The molecule has 0 aliphatic heterocycles. The highest BCUT2D eigenvalue weighted by molar-refractivity contribution is 6.06. The maximum absolute atomic E-state index is 13.0. The standard InChI is InChI=1S/C25H22N4O2/c1-2-22(19-13-7-4-8-14-19)26-27-24(30)23-20-15-9-10-16-21(20)25(31)29(28-23)17-18-11-5-3-6-12-18/h3-16H,2,17H2,1H3,(H,27,30)/b26-22+. The quantitative estimate of drug-likeness (QED) is 0.386. The van der Waals surface area contributed by atoms with Crippen molar-refractivity contribution in [3.05, 3.63) is 112 Å². The minimum absolute atomic E-state index is 0.165. The number of rotatable bonds is 6. The van der Waals surface area contributed by atoms with Crippen LogP contribution in [0.3, 0.4) is 0 Å². The van der Waals surface area contributed by atoms with Crippen LogP contribution in [0.5, 0.6) is 0 Å². The number of fused-ring (bicyclic) bond motifs is 1. The first-order chi connectivity index (χ1) is 15.2. The van der Waals surface area contributed by atoms with Crippen LogP contribution in [0.4, 0.5) is 0 Å². The molecule has 0 fully saturated rings. The summed E-state index contributed by atoms with van der Waals surface area (Å²) in [4.78, 5) is 26.0. The van der Waals surface area contributed by atoms with Gasteiger partial charge in [0.05, 0.1) is 17.6 Å². The smallest absolute Gasteiger partial charge is 0.267 e. The highest BCUT2D eigenvalue weighted by atomic mass is 16.2. The van der Waals surface area contributed by atoms with Crippen molar-refractivity contribution < 1.29 is 4.79 Å². The lowest BCUT2D eigenvalue weighted by Crippen LogP contribution is -2.29. The highest BCUT2D eigenvalue weighted by Crippen LogP contribution is 2.14. The Morgan fingerprint density at radius 1 is 0.903 bits per heavy atom. The zero-order valence-electron chi connectivity index (χ0n) is 17.2. The van der Waals surface area contributed by atoms with E-state index in [-0.39, 0.29) is 17.8 Å². The molecule has 0 saturated heterocycles. The Morgan fingerprint density at radius 3 is 2.19 bits per heavy atom. The second-order valence-corrected chi connectivity index (χ2v) is 7.06. The van der Waals surface area contributed by atoms with Crippen LogP contribution in [0, 0.1) is 0 Å². The normalized spacial score (nSPS) is 11.5. The van der Waals surface area contributed by atoms with E-state index in [4.69, 9.17) is 0 Å². The van der Waals surface area contributed by atoms with Crippen molar-refractivity contribution in [3.8, 4) is 0 Å². The van der Waals surface area contributed by atoms with Gasteiger partial charge in [-0.05, 0) is 23.6 Å². The van der Waals surface area contributed by atoms with E-state index < -0.39 is 5.91 Å². The Labute approximate surface area is 179 Å². The fraction of sp³-hybridized carbons (Fsp3) is 0.120. The Balaban J connectivity index is 1.72. The average molecular weight is 410 g/mol. The molecule has 6 nitrogen and oxygen atoms in total. The fourth-order valence-electron chi connectivity index (χ4n) is 3.42. The summed E-state index contributed by atoms with van der Waals surface area (Å²) in [6.45, 7) is 2.25. The number of nitrogens with one attached hydrogen (secondary N) is 1. The number of amides is 1. The van der Waals surface area contributed by atoms with Crippen molar-refractivity contribution in [1.29, 1.82) is 0 Å². The van der Waals surface area contributed by atoms with Crippen LogP contribution < -0.4 is 11.0 Å². The Kier molecular flexibility index (Phi) is 5.98. The summed E-state index contributed by atoms with van der Waals surface area (Å²) in [6.07, 6.45) is 0.659. The van der Waals surface area contributed by atoms with Crippen molar-refractivity contribution in [2.75, 3.05) is 0 Å². The first kappa shape index (κ1) is 20.2. The summed E-state index contributed by atoms with van der Waals surface area (Å²) in [6, 6.07) is 26.2. The van der Waals surface area contributed by atoms with Gasteiger partial charge >= 0.3 is 0 Å². The van der Waals surface area contributed by atoms with Gasteiger partial charge in [0.15, 0.2) is 5.69 Å². The van der Waals surface area contributed by atoms with Crippen molar-refractivity contribution in [3.63, 3.8) is 0 Å². The van der Waals surface area contributed by atoms with Crippen LogP contribution in [0.25, 0.3) is 10.8 Å². The molecular formula is C25H22N4O2. The number of carbonyl (C=O) groups is 1. The van der Waals surface area contributed by atoms with Gasteiger partial charge in [-0.3, -0.25) is 9.59 Å². The number of benzene rings is 3. The van der Waals surface area contributed by atoms with Crippen LogP contribution in [0.15, 0.2) is 94.8 Å². The van der Waals surface area contributed by atoms with Gasteiger partial charge in [0.1, 0.15) is 0 Å². The van der Waals surface area contributed by atoms with Crippen LogP contribution in [0.2, 0.25) is 0 Å². The molecule has 6 heteroatoms. The molecule has 3 aromatic carbocycles. The maximum Gasteiger partial charge on any atom is 0.292 e. The molecule has 0 bridgehead atoms. The molecule has 0 atom stereocenters. The summed E-state index contributed by atoms with van der Waals surface area (Å²) in [7, 11) is 0. The molecule has 154 valence electrons. The van der Waals surface area contributed by atoms with E-state index in [0.29, 0.717) is 17.2 Å². The number of carbonyl (C=O) groups excluding carboxylic acids is 1. The van der Waals surface area contributed by atoms with E-state index in [2.05, 4.69) is 15.6 Å². The van der Waals surface area contributed by atoms with Gasteiger partial charge in [0, 0.05) is 5.39 Å². The minimum atomic E-state index is -0.458. The molecule has 0 aliphatic rings. The molecule has 0 unspecified atom stereocenters. The topological polar surface area (TPSA) is 76.3 Å². The van der Waals surface area contributed by atoms with E-state index in [1.165, 1.54) is 4.68 Å². The zero-order valence-corrected chi connectivity index (χ0v) is 17.2. The number of nitrogens with zero attached hydrogens (tertiary/aromatic N) is 3. The van der Waals surface area contributed by atoms with Crippen LogP contribution in [-0.4, -0.2) is 21.4 Å². The van der Waals surface area contributed by atoms with E-state index >= 15 is 0 Å². The first-order valence-electron chi connectivity index (χ1n) is 10.1. The Hall–Kier alpha value is -4.06. The zero-order chi connectivity index (χ0) is 21.6. The van der Waals surface area contributed by atoms with Crippen molar-refractivity contribution in [2.45, 2.75) is 19.9 Å². The van der Waals surface area contributed by atoms with E-state index in [9.17, 15) is 9.59 Å². The molecule has 4 aromatic rings. The van der Waals surface area contributed by atoms with Gasteiger partial charge < -0.3 is 0 Å². The molecule has 1 heterocycles. The van der Waals surface area contributed by atoms with Crippen molar-refractivity contribution in [1.82, 2.24) is 15.2 Å². The molecular weight excluding hydrogens is 388 g/mol. The molecule has 0 radical (unpaired) electrons. The maximum atomic E-state index is 13.0. The highest BCUT2D eigenvalue weighted by Gasteiger charge is 2.17. The number of aromatic nitrogens is 2. The molecule has 1 aromatic heterocycles. The molecule has 1 N–H and O–H groups in total. The summed E-state index contributed by atoms with van der Waals surface area (Å²) in [5.41, 5.74) is 5.18. The van der Waals surface area contributed by atoms with E-state index in [0.717, 1.165) is 16.8 Å². The van der Waals surface area contributed by atoms with Crippen LogP contribution in [-0.2, 0) is 6.54 Å². The SMILES string of the molecule is CC/C(=N\NC(=O)c1nn(Cc2ccccc2)c(=O)c2ccccc12)c1ccccc1. The minimum Gasteiger partial charge on any atom is -0.267 e. The van der Waals surface area contributed by atoms with Gasteiger partial charge in [-0.1, -0.05) is 85.8 Å². The van der Waals surface area contributed by atoms with Crippen LogP contribution >= 0.6 is 0 Å². The van der Waals surface area contributed by atoms with Crippen molar-refractivity contribution >= 4 is 22.4 Å². The third kappa shape index (κ3) is 4.43. The van der Waals surface area contributed by atoms with Gasteiger partial charge in [-0.15, -0.1) is 0 Å². The summed E-state index contributed by atoms with van der Waals surface area (Å²) >= 11 is 0. The first-order valence-corrected chi connectivity index (χ1v) is 10.1. The second kappa shape index (κ2) is 9.17. The monoisotopic (exact) mass is 410 g/mol. The van der Waals surface area contributed by atoms with Crippen molar-refractivity contribution in [2.24, 2.45) is 5.10 Å². The third-order valence-corrected chi connectivity index (χ3v) is 4.99.